The van der Waals surface area contributed by atoms with Crippen molar-refractivity contribution in [2.75, 3.05) is 6.54 Å². The Morgan fingerprint density at radius 2 is 2.06 bits per heavy atom. The van der Waals surface area contributed by atoms with E-state index in [2.05, 4.69) is 43.4 Å². The summed E-state index contributed by atoms with van der Waals surface area (Å²) in [5.41, 5.74) is 7.54. The predicted octanol–water partition coefficient (Wildman–Crippen LogP) is 3.10. The number of rotatable bonds is 7. The van der Waals surface area contributed by atoms with E-state index in [4.69, 9.17) is 5.73 Å². The standard InChI is InChI=1S/C16H26N2/c1-3-7-14-10-15(14)18-11-12(2)16(17)13-8-5-4-6-9-13/h4-6,8-9,12,14-16,18H,3,7,10-11,17H2,1-2H3. The molecule has 0 spiro atoms. The fourth-order valence-electron chi connectivity index (χ4n) is 2.66. The van der Waals surface area contributed by atoms with Crippen LogP contribution in [0.5, 0.6) is 0 Å². The van der Waals surface area contributed by atoms with E-state index in [1.165, 1.54) is 24.8 Å². The second-order valence-electron chi connectivity index (χ2n) is 5.71. The molecule has 4 atom stereocenters. The molecule has 0 aromatic heterocycles. The van der Waals surface area contributed by atoms with Crippen LogP contribution in [0.25, 0.3) is 0 Å². The monoisotopic (exact) mass is 246 g/mol. The third-order valence-corrected chi connectivity index (χ3v) is 4.08. The predicted molar refractivity (Wildman–Crippen MR) is 77.3 cm³/mol. The molecule has 18 heavy (non-hydrogen) atoms. The van der Waals surface area contributed by atoms with Gasteiger partial charge in [-0.3, -0.25) is 0 Å². The van der Waals surface area contributed by atoms with E-state index in [0.717, 1.165) is 18.5 Å². The van der Waals surface area contributed by atoms with Gasteiger partial charge in [-0.25, -0.2) is 0 Å². The van der Waals surface area contributed by atoms with Crippen LogP contribution in [0.1, 0.15) is 44.7 Å². The summed E-state index contributed by atoms with van der Waals surface area (Å²) < 4.78 is 0. The summed E-state index contributed by atoms with van der Waals surface area (Å²) in [7, 11) is 0. The molecule has 1 aromatic rings. The molecule has 3 N–H and O–H groups in total. The van der Waals surface area contributed by atoms with Crippen LogP contribution in [0.15, 0.2) is 30.3 Å². The lowest BCUT2D eigenvalue weighted by molar-refractivity contribution is 0.426. The van der Waals surface area contributed by atoms with Gasteiger partial charge in [0.1, 0.15) is 0 Å². The molecule has 2 rings (SSSR count). The molecule has 1 aliphatic rings. The topological polar surface area (TPSA) is 38.0 Å². The zero-order valence-electron chi connectivity index (χ0n) is 11.6. The summed E-state index contributed by atoms with van der Waals surface area (Å²) in [6.07, 6.45) is 4.04. The van der Waals surface area contributed by atoms with Crippen molar-refractivity contribution in [2.24, 2.45) is 17.6 Å². The van der Waals surface area contributed by atoms with E-state index < -0.39 is 0 Å². The lowest BCUT2D eigenvalue weighted by Crippen LogP contribution is -2.31. The Hall–Kier alpha value is -0.860. The molecule has 0 bridgehead atoms. The normalized spacial score (nSPS) is 25.7. The first-order chi connectivity index (χ1) is 8.72. The number of nitrogens with one attached hydrogen (secondary N) is 1. The van der Waals surface area contributed by atoms with Gasteiger partial charge in [0.05, 0.1) is 0 Å². The fourth-order valence-corrected chi connectivity index (χ4v) is 2.66. The van der Waals surface area contributed by atoms with Crippen LogP contribution in [0.3, 0.4) is 0 Å². The van der Waals surface area contributed by atoms with Gasteiger partial charge < -0.3 is 11.1 Å². The van der Waals surface area contributed by atoms with Crippen LogP contribution < -0.4 is 11.1 Å². The van der Waals surface area contributed by atoms with Crippen LogP contribution in [0.4, 0.5) is 0 Å². The van der Waals surface area contributed by atoms with Crippen molar-refractivity contribution in [3.8, 4) is 0 Å². The van der Waals surface area contributed by atoms with Crippen molar-refractivity contribution in [3.05, 3.63) is 35.9 Å². The minimum absolute atomic E-state index is 0.141. The molecular formula is C16H26N2. The van der Waals surface area contributed by atoms with Crippen molar-refractivity contribution < 1.29 is 0 Å². The van der Waals surface area contributed by atoms with E-state index in [1.54, 1.807) is 0 Å². The highest BCUT2D eigenvalue weighted by molar-refractivity contribution is 5.19. The molecule has 2 nitrogen and oxygen atoms in total. The first kappa shape index (κ1) is 13.6. The van der Waals surface area contributed by atoms with Gasteiger partial charge in [0.25, 0.3) is 0 Å². The molecule has 1 aromatic carbocycles. The van der Waals surface area contributed by atoms with Crippen LogP contribution in [0.2, 0.25) is 0 Å². The van der Waals surface area contributed by atoms with Gasteiger partial charge in [-0.1, -0.05) is 50.6 Å². The van der Waals surface area contributed by atoms with E-state index in [0.29, 0.717) is 5.92 Å². The second kappa shape index (κ2) is 6.35. The van der Waals surface area contributed by atoms with E-state index in [1.807, 2.05) is 6.07 Å². The molecule has 0 heterocycles. The molecule has 0 amide bonds. The average Bonchev–Trinajstić information content (AvgIpc) is 3.15. The second-order valence-corrected chi connectivity index (χ2v) is 5.71. The molecule has 1 aliphatic carbocycles. The molecule has 100 valence electrons. The zero-order chi connectivity index (χ0) is 13.0. The van der Waals surface area contributed by atoms with Crippen molar-refractivity contribution in [2.45, 2.75) is 45.2 Å². The summed E-state index contributed by atoms with van der Waals surface area (Å²) in [5.74, 6) is 1.41. The average molecular weight is 246 g/mol. The molecule has 1 fully saturated rings. The third kappa shape index (κ3) is 3.56. The summed E-state index contributed by atoms with van der Waals surface area (Å²) in [6.45, 7) is 5.53. The van der Waals surface area contributed by atoms with Crippen molar-refractivity contribution in [1.29, 1.82) is 0 Å². The van der Waals surface area contributed by atoms with Gasteiger partial charge in [0, 0.05) is 12.1 Å². The quantitative estimate of drug-likeness (QED) is 0.776. The number of benzene rings is 1. The Balaban J connectivity index is 1.73. The Kier molecular flexibility index (Phi) is 4.79. The zero-order valence-corrected chi connectivity index (χ0v) is 11.6. The number of hydrogen-bond donors (Lipinski definition) is 2. The summed E-state index contributed by atoms with van der Waals surface area (Å²) in [5, 5.41) is 3.66. The van der Waals surface area contributed by atoms with E-state index >= 15 is 0 Å². The highest BCUT2D eigenvalue weighted by atomic mass is 15.0. The van der Waals surface area contributed by atoms with Gasteiger partial charge in [-0.2, -0.15) is 0 Å². The fraction of sp³-hybridized carbons (Fsp3) is 0.625. The first-order valence-corrected chi connectivity index (χ1v) is 7.26. The SMILES string of the molecule is CCCC1CC1NCC(C)C(N)c1ccccc1. The minimum Gasteiger partial charge on any atom is -0.324 e. The maximum atomic E-state index is 6.30. The van der Waals surface area contributed by atoms with Gasteiger partial charge in [0.2, 0.25) is 0 Å². The van der Waals surface area contributed by atoms with Crippen molar-refractivity contribution >= 4 is 0 Å². The van der Waals surface area contributed by atoms with Crippen molar-refractivity contribution in [1.82, 2.24) is 5.32 Å². The maximum Gasteiger partial charge on any atom is 0.0333 e. The minimum atomic E-state index is 0.141. The smallest absolute Gasteiger partial charge is 0.0333 e. The maximum absolute atomic E-state index is 6.30. The lowest BCUT2D eigenvalue weighted by Gasteiger charge is -2.21. The summed E-state index contributed by atoms with van der Waals surface area (Å²) in [6, 6.07) is 11.3. The highest BCUT2D eigenvalue weighted by Gasteiger charge is 2.35. The van der Waals surface area contributed by atoms with Gasteiger partial charge >= 0.3 is 0 Å². The van der Waals surface area contributed by atoms with E-state index in [9.17, 15) is 0 Å². The van der Waals surface area contributed by atoms with Gasteiger partial charge in [-0.05, 0) is 36.8 Å². The molecule has 0 aliphatic heterocycles. The lowest BCUT2D eigenvalue weighted by atomic mass is 9.95. The largest absolute Gasteiger partial charge is 0.324 e. The van der Waals surface area contributed by atoms with Crippen LogP contribution in [-0.4, -0.2) is 12.6 Å². The van der Waals surface area contributed by atoms with Gasteiger partial charge in [0.15, 0.2) is 0 Å². The Morgan fingerprint density at radius 3 is 2.72 bits per heavy atom. The molecule has 0 saturated heterocycles. The Morgan fingerprint density at radius 1 is 1.33 bits per heavy atom. The molecule has 0 radical (unpaired) electrons. The first-order valence-electron chi connectivity index (χ1n) is 7.26. The number of nitrogens with two attached hydrogens (primary N) is 1. The summed E-state index contributed by atoms with van der Waals surface area (Å²) >= 11 is 0. The van der Waals surface area contributed by atoms with Crippen molar-refractivity contribution in [3.63, 3.8) is 0 Å². The van der Waals surface area contributed by atoms with Gasteiger partial charge in [-0.15, -0.1) is 0 Å². The Labute approximate surface area is 111 Å². The molecule has 2 heteroatoms. The van der Waals surface area contributed by atoms with Crippen LogP contribution in [-0.2, 0) is 0 Å². The molecule has 4 unspecified atom stereocenters. The molecular weight excluding hydrogens is 220 g/mol. The third-order valence-electron chi connectivity index (χ3n) is 4.08. The van der Waals surface area contributed by atoms with Crippen LogP contribution >= 0.6 is 0 Å². The van der Waals surface area contributed by atoms with E-state index in [-0.39, 0.29) is 6.04 Å². The highest BCUT2D eigenvalue weighted by Crippen LogP contribution is 2.34. The number of hydrogen-bond acceptors (Lipinski definition) is 2. The molecule has 1 saturated carbocycles. The van der Waals surface area contributed by atoms with Crippen LogP contribution in [0, 0.1) is 11.8 Å². The Bertz CT molecular complexity index is 349. The summed E-state index contributed by atoms with van der Waals surface area (Å²) in [4.78, 5) is 0.